The van der Waals surface area contributed by atoms with Crippen LogP contribution in [0, 0.1) is 11.8 Å². The monoisotopic (exact) mass is 1360 g/mol. The van der Waals surface area contributed by atoms with Gasteiger partial charge in [0.05, 0.1) is 13.2 Å². The number of likely N-dealkylation sites (N-methyl/N-ethyl adjacent to an activating group) is 1. The van der Waals surface area contributed by atoms with E-state index >= 15 is 0 Å². The van der Waals surface area contributed by atoms with Crippen LogP contribution < -0.4 is 5.32 Å². The maximum absolute atomic E-state index is 12.9. The molecule has 0 bridgehead atoms. The Morgan fingerprint density at radius 3 is 0.896 bits per heavy atom. The zero-order valence-electron chi connectivity index (χ0n) is 70.1. The number of β-lactam (4-membered cyclic amide) rings is 1. The minimum Gasteiger partial charge on any atom is -0.379 e. The number of ether oxygens (including phenoxy) is 1. The van der Waals surface area contributed by atoms with E-state index in [1.807, 2.05) is 35.5 Å². The lowest BCUT2D eigenvalue weighted by molar-refractivity contribution is -0.146. The van der Waals surface area contributed by atoms with E-state index in [4.69, 9.17) is 4.74 Å². The largest absolute Gasteiger partial charge is 0.379 e. The molecule has 1 N–H and O–H groups in total. The quantitative estimate of drug-likeness (QED) is 0.184. The number of carbonyl (C=O) groups excluding carboxylic acids is 3. The third-order valence-corrected chi connectivity index (χ3v) is 19.8. The molecule has 16 nitrogen and oxygen atoms in total. The lowest BCUT2D eigenvalue weighted by Gasteiger charge is -2.49. The number of halogens is 1. The van der Waals surface area contributed by atoms with Crippen molar-refractivity contribution < 1.29 is 23.5 Å². The van der Waals surface area contributed by atoms with E-state index in [0.29, 0.717) is 58.1 Å². The van der Waals surface area contributed by atoms with Crippen LogP contribution in [0.4, 0.5) is 9.18 Å². The second kappa shape index (κ2) is 38.3. The molecule has 0 aromatic carbocycles. The van der Waals surface area contributed by atoms with Gasteiger partial charge in [0, 0.05) is 173 Å². The molecule has 0 aromatic heterocycles. The minimum absolute atomic E-state index is 0.0272. The molecule has 0 unspecified atom stereocenters. The summed E-state index contributed by atoms with van der Waals surface area (Å²) >= 11 is 0. The van der Waals surface area contributed by atoms with Gasteiger partial charge in [-0.3, -0.25) is 43.9 Å². The topological polar surface area (TPSA) is 108 Å². The van der Waals surface area contributed by atoms with Crippen LogP contribution in [0.25, 0.3) is 0 Å². The van der Waals surface area contributed by atoms with Crippen LogP contribution in [-0.2, 0) is 14.3 Å². The van der Waals surface area contributed by atoms with Gasteiger partial charge in [-0.05, 0) is 292 Å². The van der Waals surface area contributed by atoms with Gasteiger partial charge in [0.25, 0.3) is 0 Å². The van der Waals surface area contributed by atoms with Gasteiger partial charge in [-0.25, -0.2) is 9.18 Å². The predicted molar refractivity (Wildman–Crippen MR) is 411 cm³/mol. The number of carbonyl (C=O) groups is 3. The fraction of sp³-hybridized carbons (Fsp3) is 0.962. The molecule has 570 valence electrons. The van der Waals surface area contributed by atoms with Crippen molar-refractivity contribution in [3.63, 3.8) is 0 Å². The first-order chi connectivity index (χ1) is 43.2. The minimum atomic E-state index is -0.923. The fourth-order valence-corrected chi connectivity index (χ4v) is 12.5. The highest BCUT2D eigenvalue weighted by Crippen LogP contribution is 2.31. The number of likely N-dealkylation sites (tertiary alicyclic amines) is 6. The van der Waals surface area contributed by atoms with Crippen molar-refractivity contribution in [1.82, 2.24) is 59.2 Å². The molecule has 0 saturated carbocycles. The maximum Gasteiger partial charge on any atom is 0.317 e. The van der Waals surface area contributed by atoms with Crippen molar-refractivity contribution in [2.24, 2.45) is 11.8 Å². The third kappa shape index (κ3) is 37.1. The Bertz CT molecular complexity index is 2100. The molecular formula is C79H163FN12O4. The van der Waals surface area contributed by atoms with E-state index in [1.54, 1.807) is 6.92 Å². The number of amides is 4. The van der Waals surface area contributed by atoms with Gasteiger partial charge < -0.3 is 29.7 Å². The Kier molecular flexibility index (Phi) is 36.7. The van der Waals surface area contributed by atoms with E-state index in [0.717, 1.165) is 83.6 Å². The van der Waals surface area contributed by atoms with Crippen LogP contribution in [0.5, 0.6) is 0 Å². The number of rotatable bonds is 0. The summed E-state index contributed by atoms with van der Waals surface area (Å²) in [5, 5.41) is 2.76. The van der Waals surface area contributed by atoms with Gasteiger partial charge in [0.15, 0.2) is 0 Å². The van der Waals surface area contributed by atoms with E-state index in [2.05, 4.69) is 252 Å². The summed E-state index contributed by atoms with van der Waals surface area (Å²) in [7, 11) is 2.19. The van der Waals surface area contributed by atoms with Crippen molar-refractivity contribution in [2.45, 2.75) is 334 Å². The molecule has 4 amide bonds. The number of hydrogen-bond acceptors (Lipinski definition) is 12. The number of hydrogen-bond donors (Lipinski definition) is 1. The number of nitrogens with one attached hydrogen (secondary N) is 1. The fourth-order valence-electron chi connectivity index (χ4n) is 12.5. The second-order valence-electron chi connectivity index (χ2n) is 39.6. The molecule has 10 aliphatic rings. The highest BCUT2D eigenvalue weighted by molar-refractivity contribution is 5.82. The van der Waals surface area contributed by atoms with Crippen LogP contribution in [0.15, 0.2) is 0 Å². The molecule has 10 aliphatic heterocycles. The SMILES string of the molecule is CC(C)(C)N1CC1.CC(C)(C)N1CCC1=O.CC(C)(C)N1CCCC1.CC(C)(C)N1CCCC1=O.CC(C)(C)N1CCNC1=O.CC(C)(C)N1CCOCC1.CC1(F)CN(C(C)(C)C)C1.CC1CCN(C(C)(C)C)CC1.CC1CN(C(C)(C)C)C1.CN1CCN(C(C)(C)C)CC1. The van der Waals surface area contributed by atoms with E-state index in [9.17, 15) is 18.8 Å². The van der Waals surface area contributed by atoms with Gasteiger partial charge in [-0.15, -0.1) is 0 Å². The van der Waals surface area contributed by atoms with E-state index in [1.165, 1.54) is 104 Å². The van der Waals surface area contributed by atoms with Crippen LogP contribution in [0.3, 0.4) is 0 Å². The molecule has 0 atom stereocenters. The molecule has 0 aliphatic carbocycles. The molecule has 0 radical (unpaired) electrons. The highest BCUT2D eigenvalue weighted by atomic mass is 19.1. The highest BCUT2D eigenvalue weighted by Gasteiger charge is 2.44. The number of nitrogens with zero attached hydrogens (tertiary/aromatic N) is 11. The molecule has 0 aromatic rings. The summed E-state index contributed by atoms with van der Waals surface area (Å²) in [6, 6.07) is 0.0625. The third-order valence-electron chi connectivity index (χ3n) is 19.8. The van der Waals surface area contributed by atoms with Gasteiger partial charge >= 0.3 is 6.03 Å². The number of urea groups is 1. The summed E-state index contributed by atoms with van der Waals surface area (Å²) in [4.78, 5) is 58.3. The molecule has 10 rings (SSSR count). The molecule has 0 spiro atoms. The standard InChI is InChI=1S/C10H21N.C9H20N2.C8H16FN.C8H17NO.C8H15NO.2C8H17N.C7H14N2O.C7H13NO.C6H13N/c1-9-5-7-11(8-6-9)10(2,3)4;1-9(2,3)11-7-5-10(4)6-8-11;1-7(2,3)10-5-8(4,9)6-10;1-8(2,3)9-4-6-10-7-5-9;1-8(2,3)9-6-4-5-7(9)10;1-7-5-9(6-7)8(2,3)4;1-8(2,3)9-6-4-5-7-9;1-7(2,3)9-5-4-8-6(9)10;1-7(2,3)8-5-4-6(8)9;1-6(2,3)7-4-5-7/h9H,5-8H2,1-4H3;5-8H2,1-4H3;5-6H2,1-4H3;4-7H2,1-3H3;4-6H2,1-3H3;7H,5-6H2,1-4H3;4-7H2,1-3H3;4-5H2,1-3H3,(H,8,10);4-5H2,1-3H3;4-5H2,1-3H3. The van der Waals surface area contributed by atoms with Crippen molar-refractivity contribution in [3.8, 4) is 0 Å². The predicted octanol–water partition coefficient (Wildman–Crippen LogP) is 14.4. The smallest absolute Gasteiger partial charge is 0.317 e. The first-order valence-electron chi connectivity index (χ1n) is 38.0. The van der Waals surface area contributed by atoms with Gasteiger partial charge in [0.2, 0.25) is 11.8 Å². The second-order valence-corrected chi connectivity index (χ2v) is 39.6. The van der Waals surface area contributed by atoms with E-state index in [-0.39, 0.29) is 28.2 Å². The lowest BCUT2D eigenvalue weighted by atomic mass is 9.92. The average Bonchev–Trinajstić information content (AvgIpc) is 1.27. The summed E-state index contributed by atoms with van der Waals surface area (Å²) in [5.41, 5.74) is 1.62. The molecule has 17 heteroatoms. The molecule has 10 heterocycles. The molecule has 96 heavy (non-hydrogen) atoms. The number of piperidine rings is 1. The van der Waals surface area contributed by atoms with Gasteiger partial charge in [0.1, 0.15) is 5.67 Å². The van der Waals surface area contributed by atoms with E-state index < -0.39 is 5.67 Å². The Balaban J connectivity index is 0.000000534. The Morgan fingerprint density at radius 2 is 0.698 bits per heavy atom. The zero-order chi connectivity index (χ0) is 74.7. The Hall–Kier alpha value is -2.22. The summed E-state index contributed by atoms with van der Waals surface area (Å²) in [5.74, 6) is 2.49. The summed E-state index contributed by atoms with van der Waals surface area (Å²) in [6.07, 6.45) is 8.10. The lowest BCUT2D eigenvalue weighted by Crippen LogP contribution is -2.63. The van der Waals surface area contributed by atoms with Crippen LogP contribution in [0.2, 0.25) is 0 Å². The number of piperazine rings is 1. The van der Waals surface area contributed by atoms with Gasteiger partial charge in [-0.1, -0.05) is 13.8 Å². The Morgan fingerprint density at radius 1 is 0.365 bits per heavy atom. The summed E-state index contributed by atoms with van der Waals surface area (Å²) in [6.45, 7) is 96.2. The summed E-state index contributed by atoms with van der Waals surface area (Å²) < 4.78 is 18.2. The van der Waals surface area contributed by atoms with Crippen molar-refractivity contribution in [1.29, 1.82) is 0 Å². The first kappa shape index (κ1) is 91.8. The van der Waals surface area contributed by atoms with Crippen molar-refractivity contribution in [3.05, 3.63) is 0 Å². The maximum atomic E-state index is 12.9. The molecule has 10 fully saturated rings. The number of morpholine rings is 1. The first-order valence-corrected chi connectivity index (χ1v) is 38.0. The van der Waals surface area contributed by atoms with Crippen molar-refractivity contribution >= 4 is 17.8 Å². The van der Waals surface area contributed by atoms with Crippen LogP contribution in [0.1, 0.15) is 273 Å². The van der Waals surface area contributed by atoms with Crippen LogP contribution in [-0.4, -0.2) is 284 Å². The Labute approximate surface area is 595 Å². The van der Waals surface area contributed by atoms with Crippen LogP contribution >= 0.6 is 0 Å². The molecule has 10 saturated heterocycles. The molecular weight excluding hydrogens is 1200 g/mol. The zero-order valence-corrected chi connectivity index (χ0v) is 70.1. The number of alkyl halides is 1. The van der Waals surface area contributed by atoms with Crippen molar-refractivity contribution in [2.75, 3.05) is 151 Å². The van der Waals surface area contributed by atoms with Gasteiger partial charge in [-0.2, -0.15) is 0 Å². The normalized spacial score (nSPS) is 22.7. The average molecular weight is 1360 g/mol.